The van der Waals surface area contributed by atoms with Crippen LogP contribution in [0, 0.1) is 0 Å². The molecule has 0 saturated carbocycles. The number of anilines is 1. The molecule has 0 radical (unpaired) electrons. The lowest BCUT2D eigenvalue weighted by molar-refractivity contribution is -0.0575. The lowest BCUT2D eigenvalue weighted by atomic mass is 10.1. The minimum Gasteiger partial charge on any atom is -0.387 e. The van der Waals surface area contributed by atoms with Crippen LogP contribution in [0.1, 0.15) is 25.9 Å². The normalized spacial score (nSPS) is 26.2. The van der Waals surface area contributed by atoms with Gasteiger partial charge in [0.15, 0.2) is 17.4 Å². The lowest BCUT2D eigenvalue weighted by Crippen LogP contribution is -2.34. The first-order valence-corrected chi connectivity index (χ1v) is 9.55. The maximum atomic E-state index is 12.1. The van der Waals surface area contributed by atoms with Gasteiger partial charge in [0.2, 0.25) is 5.95 Å². The topological polar surface area (TPSA) is 226 Å². The highest BCUT2D eigenvalue weighted by atomic mass is 31.2. The Labute approximate surface area is 156 Å². The third-order valence-electron chi connectivity index (χ3n) is 4.11. The number of nitrogen functional groups attached to an aromatic ring is 1. The molecule has 0 aromatic carbocycles. The van der Waals surface area contributed by atoms with Crippen LogP contribution < -0.4 is 11.3 Å². The SMILES string of the molecule is CC(C)(O)c1nc2c(=O)[nH]c(N)nc2n1[C@@H]1O[C@H](COP(=O)(O)O)[C@@H](O)[C@H]1O. The Morgan fingerprint density at radius 1 is 1.32 bits per heavy atom. The quantitative estimate of drug-likeness (QED) is 0.252. The van der Waals surface area contributed by atoms with Crippen LogP contribution >= 0.6 is 7.82 Å². The number of rotatable bonds is 5. The number of H-pyrrole nitrogens is 1. The summed E-state index contributed by atoms with van der Waals surface area (Å²) in [5, 5.41) is 31.0. The number of aliphatic hydroxyl groups is 3. The molecule has 156 valence electrons. The summed E-state index contributed by atoms with van der Waals surface area (Å²) in [4.78, 5) is 40.0. The van der Waals surface area contributed by atoms with Crippen molar-refractivity contribution in [2.45, 2.75) is 44.0 Å². The van der Waals surface area contributed by atoms with Gasteiger partial charge in [-0.05, 0) is 13.8 Å². The second-order valence-corrected chi connectivity index (χ2v) is 8.06. The third-order valence-corrected chi connectivity index (χ3v) is 4.60. The molecule has 3 rings (SSSR count). The van der Waals surface area contributed by atoms with Crippen LogP contribution in [0.15, 0.2) is 4.79 Å². The zero-order valence-electron chi connectivity index (χ0n) is 14.8. The maximum absolute atomic E-state index is 12.1. The van der Waals surface area contributed by atoms with Gasteiger partial charge in [-0.3, -0.25) is 18.9 Å². The van der Waals surface area contributed by atoms with E-state index in [1.54, 1.807) is 0 Å². The van der Waals surface area contributed by atoms with E-state index in [1.807, 2.05) is 0 Å². The minimum absolute atomic E-state index is 0.112. The molecular weight excluding hydrogens is 401 g/mol. The van der Waals surface area contributed by atoms with Crippen molar-refractivity contribution in [3.8, 4) is 0 Å². The van der Waals surface area contributed by atoms with Crippen LogP contribution in [0.5, 0.6) is 0 Å². The van der Waals surface area contributed by atoms with Gasteiger partial charge in [-0.25, -0.2) is 9.55 Å². The van der Waals surface area contributed by atoms with Gasteiger partial charge in [0.1, 0.15) is 29.7 Å². The van der Waals surface area contributed by atoms with Gasteiger partial charge in [0, 0.05) is 0 Å². The number of ether oxygens (including phenoxy) is 1. The van der Waals surface area contributed by atoms with Gasteiger partial charge in [-0.2, -0.15) is 4.98 Å². The molecule has 15 heteroatoms. The number of nitrogens with one attached hydrogen (secondary N) is 1. The highest BCUT2D eigenvalue weighted by Gasteiger charge is 2.47. The molecule has 2 aromatic rings. The zero-order valence-corrected chi connectivity index (χ0v) is 15.6. The summed E-state index contributed by atoms with van der Waals surface area (Å²) >= 11 is 0. The molecule has 0 spiro atoms. The summed E-state index contributed by atoms with van der Waals surface area (Å²) in [6.45, 7) is 2.02. The average Bonchev–Trinajstić information content (AvgIpc) is 3.04. The van der Waals surface area contributed by atoms with E-state index in [0.717, 1.165) is 4.57 Å². The number of aliphatic hydroxyl groups excluding tert-OH is 2. The Hall–Kier alpha value is -1.90. The van der Waals surface area contributed by atoms with Crippen LogP contribution in [-0.4, -0.2) is 69.5 Å². The fourth-order valence-electron chi connectivity index (χ4n) is 2.92. The molecule has 28 heavy (non-hydrogen) atoms. The molecule has 1 fully saturated rings. The molecule has 1 aliphatic heterocycles. The molecule has 2 aromatic heterocycles. The second-order valence-electron chi connectivity index (χ2n) is 6.82. The summed E-state index contributed by atoms with van der Waals surface area (Å²) in [6, 6.07) is 0. The predicted molar refractivity (Wildman–Crippen MR) is 91.7 cm³/mol. The van der Waals surface area contributed by atoms with E-state index in [1.165, 1.54) is 13.8 Å². The maximum Gasteiger partial charge on any atom is 0.469 e. The van der Waals surface area contributed by atoms with E-state index in [-0.39, 0.29) is 22.9 Å². The van der Waals surface area contributed by atoms with Crippen LogP contribution in [0.25, 0.3) is 11.2 Å². The fourth-order valence-corrected chi connectivity index (χ4v) is 3.27. The van der Waals surface area contributed by atoms with Gasteiger partial charge >= 0.3 is 7.82 Å². The van der Waals surface area contributed by atoms with Gasteiger partial charge in [-0.1, -0.05) is 0 Å². The van der Waals surface area contributed by atoms with Crippen molar-refractivity contribution in [3.63, 3.8) is 0 Å². The largest absolute Gasteiger partial charge is 0.469 e. The molecular formula is C13H20N5O9P. The number of hydrogen-bond donors (Lipinski definition) is 7. The van der Waals surface area contributed by atoms with E-state index >= 15 is 0 Å². The first kappa shape index (κ1) is 20.8. The lowest BCUT2D eigenvalue weighted by Gasteiger charge is -2.24. The molecule has 8 N–H and O–H groups in total. The molecule has 1 saturated heterocycles. The summed E-state index contributed by atoms with van der Waals surface area (Å²) in [5.41, 5.74) is 2.95. The van der Waals surface area contributed by atoms with Crippen molar-refractivity contribution in [1.29, 1.82) is 0 Å². The van der Waals surface area contributed by atoms with E-state index in [9.17, 15) is 24.7 Å². The highest BCUT2D eigenvalue weighted by Crippen LogP contribution is 2.39. The second kappa shape index (κ2) is 6.86. The van der Waals surface area contributed by atoms with Crippen LogP contribution in [-0.2, 0) is 19.4 Å². The Morgan fingerprint density at radius 2 is 1.96 bits per heavy atom. The van der Waals surface area contributed by atoms with E-state index in [4.69, 9.17) is 20.3 Å². The number of aromatic amines is 1. The van der Waals surface area contributed by atoms with Crippen molar-refractivity contribution in [2.24, 2.45) is 0 Å². The number of phosphoric acid groups is 1. The molecule has 1 aliphatic rings. The number of imidazole rings is 1. The van der Waals surface area contributed by atoms with Crippen molar-refractivity contribution in [3.05, 3.63) is 16.2 Å². The Bertz CT molecular complexity index is 993. The Kier molecular flexibility index (Phi) is 5.10. The summed E-state index contributed by atoms with van der Waals surface area (Å²) < 4.78 is 21.8. The average molecular weight is 421 g/mol. The first-order chi connectivity index (χ1) is 12.8. The number of nitrogens with zero attached hydrogens (tertiary/aromatic N) is 3. The van der Waals surface area contributed by atoms with Gasteiger partial charge in [0.05, 0.1) is 6.61 Å². The van der Waals surface area contributed by atoms with Crippen molar-refractivity contribution < 1.29 is 38.9 Å². The number of aromatic nitrogens is 4. The number of phosphoric ester groups is 1. The molecule has 0 unspecified atom stereocenters. The molecule has 14 nitrogen and oxygen atoms in total. The van der Waals surface area contributed by atoms with E-state index in [0.29, 0.717) is 0 Å². The Morgan fingerprint density at radius 3 is 2.54 bits per heavy atom. The smallest absolute Gasteiger partial charge is 0.387 e. The van der Waals surface area contributed by atoms with Crippen LogP contribution in [0.4, 0.5) is 5.95 Å². The Balaban J connectivity index is 2.09. The van der Waals surface area contributed by atoms with Crippen LogP contribution in [0.3, 0.4) is 0 Å². The van der Waals surface area contributed by atoms with Gasteiger partial charge in [-0.15, -0.1) is 0 Å². The molecule has 4 atom stereocenters. The van der Waals surface area contributed by atoms with Crippen molar-refractivity contribution in [2.75, 3.05) is 12.3 Å². The molecule has 0 aliphatic carbocycles. The van der Waals surface area contributed by atoms with E-state index < -0.39 is 50.1 Å². The number of fused-ring (bicyclic) bond motifs is 1. The summed E-state index contributed by atoms with van der Waals surface area (Å²) in [7, 11) is -4.84. The van der Waals surface area contributed by atoms with E-state index in [2.05, 4.69) is 19.5 Å². The molecule has 0 bridgehead atoms. The summed E-state index contributed by atoms with van der Waals surface area (Å²) in [5.74, 6) is -0.366. The molecule has 0 amide bonds. The van der Waals surface area contributed by atoms with Crippen molar-refractivity contribution in [1.82, 2.24) is 19.5 Å². The van der Waals surface area contributed by atoms with Gasteiger partial charge < -0.3 is 35.6 Å². The first-order valence-electron chi connectivity index (χ1n) is 8.02. The number of hydrogen-bond acceptors (Lipinski definition) is 10. The van der Waals surface area contributed by atoms with Crippen molar-refractivity contribution >= 4 is 24.9 Å². The van der Waals surface area contributed by atoms with Gasteiger partial charge in [0.25, 0.3) is 5.56 Å². The zero-order chi connectivity index (χ0) is 21.0. The standard InChI is InChI=1S/C13H20N5O9P/c1-13(2,22)11-15-5-8(16-12(14)17-9(5)21)18(11)10-7(20)6(19)4(27-10)3-26-28(23,24)25/h4,6-7,10,19-20,22H,3H2,1-2H3,(H2,23,24,25)(H3,14,16,17,21)/t4-,6-,7-,10-/m1/s1. The predicted octanol–water partition coefficient (Wildman–Crippen LogP) is -2.34. The minimum atomic E-state index is -4.84. The third kappa shape index (κ3) is 3.81. The number of nitrogens with two attached hydrogens (primary N) is 1. The monoisotopic (exact) mass is 421 g/mol. The fraction of sp³-hybridized carbons (Fsp3) is 0.615. The molecule has 3 heterocycles. The highest BCUT2D eigenvalue weighted by molar-refractivity contribution is 7.46. The summed E-state index contributed by atoms with van der Waals surface area (Å²) in [6.07, 6.45) is -5.94. The van der Waals surface area contributed by atoms with Crippen LogP contribution in [0.2, 0.25) is 0 Å².